The van der Waals surface area contributed by atoms with Crippen LogP contribution in [-0.4, -0.2) is 92.3 Å². The molecule has 0 bridgehead atoms. The first-order chi connectivity index (χ1) is 11.6. The minimum absolute atomic E-state index is 0.160. The lowest BCUT2D eigenvalue weighted by atomic mass is 10.3. The second-order valence-corrected chi connectivity index (χ2v) is 6.06. The van der Waals surface area contributed by atoms with Crippen LogP contribution in [0, 0.1) is 0 Å². The fourth-order valence-corrected chi connectivity index (χ4v) is 2.41. The summed E-state index contributed by atoms with van der Waals surface area (Å²) in [4.78, 5) is 25.0. The summed E-state index contributed by atoms with van der Waals surface area (Å²) < 4.78 is 5.33. The number of amides is 1. The Balaban J connectivity index is 1.72. The lowest BCUT2D eigenvalue weighted by molar-refractivity contribution is 0.0398. The van der Waals surface area contributed by atoms with Gasteiger partial charge in [-0.15, -0.1) is 0 Å². The van der Waals surface area contributed by atoms with Gasteiger partial charge in [-0.05, 0) is 33.1 Å². The Morgan fingerprint density at radius 2 is 2.12 bits per heavy atom. The molecule has 2 heterocycles. The Morgan fingerprint density at radius 3 is 2.88 bits per heavy atom. The van der Waals surface area contributed by atoms with E-state index in [-0.39, 0.29) is 5.91 Å². The van der Waals surface area contributed by atoms with Crippen molar-refractivity contribution in [3.05, 3.63) is 18.0 Å². The van der Waals surface area contributed by atoms with Crippen molar-refractivity contribution in [2.75, 3.05) is 71.9 Å². The summed E-state index contributed by atoms with van der Waals surface area (Å²) in [5.41, 5.74) is 0.392. The maximum Gasteiger partial charge on any atom is 0.270 e. The molecule has 0 unspecified atom stereocenters. The lowest BCUT2D eigenvalue weighted by Gasteiger charge is -2.26. The van der Waals surface area contributed by atoms with Gasteiger partial charge in [0.15, 0.2) is 0 Å². The van der Waals surface area contributed by atoms with Crippen molar-refractivity contribution >= 4 is 11.9 Å². The number of nitrogens with zero attached hydrogens (tertiary/aromatic N) is 4. The van der Waals surface area contributed by atoms with Crippen LogP contribution in [0.2, 0.25) is 0 Å². The maximum absolute atomic E-state index is 12.1. The van der Waals surface area contributed by atoms with Gasteiger partial charge in [0.1, 0.15) is 5.69 Å². The predicted octanol–water partition coefficient (Wildman–Crippen LogP) is -0.0978. The first-order valence-corrected chi connectivity index (χ1v) is 8.45. The molecule has 0 aliphatic carbocycles. The highest BCUT2D eigenvalue weighted by Gasteiger charge is 2.11. The van der Waals surface area contributed by atoms with Gasteiger partial charge in [0.05, 0.1) is 13.2 Å². The van der Waals surface area contributed by atoms with Crippen LogP contribution in [0.1, 0.15) is 16.9 Å². The van der Waals surface area contributed by atoms with Crippen molar-refractivity contribution in [3.8, 4) is 0 Å². The Hall–Kier alpha value is -1.77. The van der Waals surface area contributed by atoms with Crippen LogP contribution in [-0.2, 0) is 4.74 Å². The van der Waals surface area contributed by atoms with E-state index < -0.39 is 0 Å². The monoisotopic (exact) mass is 336 g/mol. The van der Waals surface area contributed by atoms with E-state index in [0.717, 1.165) is 52.4 Å². The first kappa shape index (κ1) is 18.6. The molecule has 1 amide bonds. The van der Waals surface area contributed by atoms with Crippen molar-refractivity contribution in [2.45, 2.75) is 6.42 Å². The highest BCUT2D eigenvalue weighted by atomic mass is 16.5. The number of nitrogens with one attached hydrogen (secondary N) is 2. The van der Waals surface area contributed by atoms with Gasteiger partial charge < -0.3 is 20.3 Å². The zero-order valence-electron chi connectivity index (χ0n) is 14.6. The van der Waals surface area contributed by atoms with Crippen molar-refractivity contribution in [1.29, 1.82) is 0 Å². The lowest BCUT2D eigenvalue weighted by Crippen LogP contribution is -2.39. The third kappa shape index (κ3) is 6.77. The highest BCUT2D eigenvalue weighted by Crippen LogP contribution is 2.01. The van der Waals surface area contributed by atoms with Crippen LogP contribution in [0.3, 0.4) is 0 Å². The molecule has 0 radical (unpaired) electrons. The Bertz CT molecular complexity index is 505. The number of carbonyl (C=O) groups is 1. The van der Waals surface area contributed by atoms with E-state index in [2.05, 4.69) is 30.4 Å². The minimum Gasteiger partial charge on any atom is -0.379 e. The quantitative estimate of drug-likeness (QED) is 0.610. The number of anilines is 1. The molecule has 0 aromatic carbocycles. The van der Waals surface area contributed by atoms with E-state index in [1.54, 1.807) is 12.3 Å². The molecule has 1 aliphatic rings. The summed E-state index contributed by atoms with van der Waals surface area (Å²) in [6, 6.07) is 1.63. The smallest absolute Gasteiger partial charge is 0.270 e. The molecule has 1 saturated heterocycles. The van der Waals surface area contributed by atoms with E-state index >= 15 is 0 Å². The Morgan fingerprint density at radius 1 is 1.33 bits per heavy atom. The van der Waals surface area contributed by atoms with E-state index in [0.29, 0.717) is 18.2 Å². The van der Waals surface area contributed by atoms with Gasteiger partial charge in [-0.25, -0.2) is 9.97 Å². The van der Waals surface area contributed by atoms with Crippen molar-refractivity contribution in [1.82, 2.24) is 25.1 Å². The Labute approximate surface area is 143 Å². The molecule has 1 aromatic rings. The SMILES string of the molecule is CN(C)CCCNC(=O)c1ccnc(NCCN2CCOCC2)n1. The molecular formula is C16H28N6O2. The van der Waals surface area contributed by atoms with E-state index in [1.165, 1.54) is 0 Å². The predicted molar refractivity (Wildman–Crippen MR) is 93.3 cm³/mol. The Kier molecular flexibility index (Phi) is 7.87. The van der Waals surface area contributed by atoms with Crippen LogP contribution < -0.4 is 10.6 Å². The average Bonchev–Trinajstić information content (AvgIpc) is 2.59. The topological polar surface area (TPSA) is 82.6 Å². The van der Waals surface area contributed by atoms with Crippen LogP contribution in [0.15, 0.2) is 12.3 Å². The molecule has 1 fully saturated rings. The van der Waals surface area contributed by atoms with Crippen molar-refractivity contribution in [2.24, 2.45) is 0 Å². The van der Waals surface area contributed by atoms with Gasteiger partial charge in [0.2, 0.25) is 5.95 Å². The van der Waals surface area contributed by atoms with Crippen LogP contribution in [0.25, 0.3) is 0 Å². The molecule has 0 atom stereocenters. The fourth-order valence-electron chi connectivity index (χ4n) is 2.41. The molecule has 134 valence electrons. The second kappa shape index (κ2) is 10.2. The maximum atomic E-state index is 12.1. The van der Waals surface area contributed by atoms with Gasteiger partial charge in [-0.1, -0.05) is 0 Å². The molecule has 8 heteroatoms. The summed E-state index contributed by atoms with van der Waals surface area (Å²) in [6.07, 6.45) is 2.52. The molecular weight excluding hydrogens is 308 g/mol. The zero-order chi connectivity index (χ0) is 17.2. The minimum atomic E-state index is -0.160. The van der Waals surface area contributed by atoms with E-state index in [4.69, 9.17) is 4.74 Å². The number of morpholine rings is 1. The van der Waals surface area contributed by atoms with Crippen LogP contribution in [0.5, 0.6) is 0 Å². The van der Waals surface area contributed by atoms with Gasteiger partial charge in [-0.3, -0.25) is 9.69 Å². The molecule has 0 spiro atoms. The summed E-state index contributed by atoms with van der Waals surface area (Å²) in [5, 5.41) is 6.06. The number of aromatic nitrogens is 2. The number of carbonyl (C=O) groups excluding carboxylic acids is 1. The molecule has 2 rings (SSSR count). The van der Waals surface area contributed by atoms with Crippen molar-refractivity contribution in [3.63, 3.8) is 0 Å². The number of hydrogen-bond acceptors (Lipinski definition) is 7. The molecule has 8 nitrogen and oxygen atoms in total. The molecule has 1 aromatic heterocycles. The largest absolute Gasteiger partial charge is 0.379 e. The van der Waals surface area contributed by atoms with Gasteiger partial charge in [0.25, 0.3) is 5.91 Å². The second-order valence-electron chi connectivity index (χ2n) is 6.06. The highest BCUT2D eigenvalue weighted by molar-refractivity contribution is 5.92. The summed E-state index contributed by atoms with van der Waals surface area (Å²) >= 11 is 0. The standard InChI is InChI=1S/C16H28N6O2/c1-21(2)8-3-5-17-15(23)14-4-6-18-16(20-14)19-7-9-22-10-12-24-13-11-22/h4,6H,3,5,7-13H2,1-2H3,(H,17,23)(H,18,19,20). The van der Waals surface area contributed by atoms with E-state index in [1.807, 2.05) is 14.1 Å². The zero-order valence-corrected chi connectivity index (χ0v) is 14.6. The fraction of sp³-hybridized carbons (Fsp3) is 0.688. The third-order valence-electron chi connectivity index (χ3n) is 3.77. The van der Waals surface area contributed by atoms with Crippen LogP contribution in [0.4, 0.5) is 5.95 Å². The van der Waals surface area contributed by atoms with Crippen molar-refractivity contribution < 1.29 is 9.53 Å². The third-order valence-corrected chi connectivity index (χ3v) is 3.77. The number of hydrogen-bond donors (Lipinski definition) is 2. The normalized spacial score (nSPS) is 15.5. The first-order valence-electron chi connectivity index (χ1n) is 8.45. The van der Waals surface area contributed by atoms with E-state index in [9.17, 15) is 4.79 Å². The van der Waals surface area contributed by atoms with Gasteiger partial charge >= 0.3 is 0 Å². The summed E-state index contributed by atoms with van der Waals surface area (Å²) in [5.74, 6) is 0.330. The average molecular weight is 336 g/mol. The summed E-state index contributed by atoms with van der Waals surface area (Å²) in [7, 11) is 4.03. The molecule has 1 aliphatic heterocycles. The van der Waals surface area contributed by atoms with Gasteiger partial charge in [-0.2, -0.15) is 0 Å². The molecule has 0 saturated carbocycles. The summed E-state index contributed by atoms with van der Waals surface area (Å²) in [6.45, 7) is 6.73. The molecule has 24 heavy (non-hydrogen) atoms. The number of rotatable bonds is 9. The molecule has 2 N–H and O–H groups in total. The number of ether oxygens (including phenoxy) is 1. The van der Waals surface area contributed by atoms with Gasteiger partial charge in [0, 0.05) is 38.9 Å². The van der Waals surface area contributed by atoms with Crippen LogP contribution >= 0.6 is 0 Å².